The zero-order valence-corrected chi connectivity index (χ0v) is 12.6. The molecule has 0 saturated carbocycles. The molecule has 0 unspecified atom stereocenters. The van der Waals surface area contributed by atoms with Crippen molar-refractivity contribution in [2.45, 2.75) is 6.54 Å². The zero-order chi connectivity index (χ0) is 15.4. The summed E-state index contributed by atoms with van der Waals surface area (Å²) in [5.41, 5.74) is 3.00. The van der Waals surface area contributed by atoms with Crippen LogP contribution in [-0.2, 0) is 6.54 Å². The molecule has 3 heterocycles. The van der Waals surface area contributed by atoms with Gasteiger partial charge in [-0.3, -0.25) is 9.20 Å². The summed E-state index contributed by atoms with van der Waals surface area (Å²) in [4.78, 5) is 16.2. The molecule has 0 bridgehead atoms. The molecule has 7 heteroatoms. The Labute approximate surface area is 135 Å². The van der Waals surface area contributed by atoms with Gasteiger partial charge in [0.15, 0.2) is 0 Å². The van der Waals surface area contributed by atoms with Crippen LogP contribution >= 0.6 is 23.2 Å². The fraction of sp³-hybridized carbons (Fsp3) is 0.0667. The molecule has 110 valence electrons. The standard InChI is InChI=1S/C15H9Cl2N3O2/c16-8-1-2-10(21)12(13(8)17)7-3-4-20-11(5-7)19-9-6-18-15(22)14(9)20/h1-5,21H,6H2,(H,18,22). The predicted octanol–water partition coefficient (Wildman–Crippen LogP) is 3.26. The third-order valence-electron chi connectivity index (χ3n) is 3.69. The monoisotopic (exact) mass is 333 g/mol. The summed E-state index contributed by atoms with van der Waals surface area (Å²) in [6, 6.07) is 6.56. The molecule has 1 amide bonds. The number of imidazole rings is 1. The van der Waals surface area contributed by atoms with Crippen molar-refractivity contribution in [1.29, 1.82) is 0 Å². The van der Waals surface area contributed by atoms with Crippen LogP contribution in [0.2, 0.25) is 10.0 Å². The van der Waals surface area contributed by atoms with Crippen molar-refractivity contribution in [2.24, 2.45) is 0 Å². The Balaban J connectivity index is 1.95. The van der Waals surface area contributed by atoms with Crippen molar-refractivity contribution in [3.63, 3.8) is 0 Å². The average molecular weight is 334 g/mol. The van der Waals surface area contributed by atoms with E-state index in [0.717, 1.165) is 0 Å². The highest BCUT2D eigenvalue weighted by Gasteiger charge is 2.25. The highest BCUT2D eigenvalue weighted by atomic mass is 35.5. The molecule has 0 atom stereocenters. The van der Waals surface area contributed by atoms with Crippen molar-refractivity contribution in [3.05, 3.63) is 51.9 Å². The molecular formula is C15H9Cl2N3O2. The smallest absolute Gasteiger partial charge is 0.270 e. The van der Waals surface area contributed by atoms with E-state index in [2.05, 4.69) is 10.3 Å². The number of carbonyl (C=O) groups excluding carboxylic acids is 1. The molecular weight excluding hydrogens is 325 g/mol. The van der Waals surface area contributed by atoms with E-state index in [-0.39, 0.29) is 16.7 Å². The SMILES string of the molecule is O=C1NCc2nc3cc(-c4c(O)ccc(Cl)c4Cl)ccn3c21. The van der Waals surface area contributed by atoms with E-state index in [9.17, 15) is 9.90 Å². The fourth-order valence-electron chi connectivity index (χ4n) is 2.68. The van der Waals surface area contributed by atoms with Gasteiger partial charge in [-0.1, -0.05) is 23.2 Å². The first-order valence-electron chi connectivity index (χ1n) is 6.53. The number of halogens is 2. The molecule has 0 aliphatic carbocycles. The van der Waals surface area contributed by atoms with Crippen LogP contribution in [0.3, 0.4) is 0 Å². The van der Waals surface area contributed by atoms with E-state index >= 15 is 0 Å². The highest BCUT2D eigenvalue weighted by molar-refractivity contribution is 6.44. The average Bonchev–Trinajstić information content (AvgIpc) is 3.03. The first-order chi connectivity index (χ1) is 10.6. The number of aromatic nitrogens is 2. The van der Waals surface area contributed by atoms with Crippen molar-refractivity contribution >= 4 is 34.8 Å². The number of hydrogen-bond donors (Lipinski definition) is 2. The maximum absolute atomic E-state index is 11.8. The molecule has 0 radical (unpaired) electrons. The number of rotatable bonds is 1. The normalized spacial score (nSPS) is 13.5. The summed E-state index contributed by atoms with van der Waals surface area (Å²) >= 11 is 12.2. The third kappa shape index (κ3) is 1.79. The number of hydrogen-bond acceptors (Lipinski definition) is 3. The van der Waals surface area contributed by atoms with Crippen molar-refractivity contribution in [3.8, 4) is 16.9 Å². The van der Waals surface area contributed by atoms with Crippen LogP contribution < -0.4 is 5.32 Å². The van der Waals surface area contributed by atoms with Crippen molar-refractivity contribution < 1.29 is 9.90 Å². The lowest BCUT2D eigenvalue weighted by Gasteiger charge is -2.09. The van der Waals surface area contributed by atoms with Gasteiger partial charge in [-0.2, -0.15) is 0 Å². The Morgan fingerprint density at radius 2 is 2.09 bits per heavy atom. The quantitative estimate of drug-likeness (QED) is 0.718. The summed E-state index contributed by atoms with van der Waals surface area (Å²) in [5.74, 6) is -0.102. The number of phenols is 1. The Bertz CT molecular complexity index is 950. The second-order valence-corrected chi connectivity index (χ2v) is 5.77. The highest BCUT2D eigenvalue weighted by Crippen LogP contribution is 2.40. The molecule has 4 rings (SSSR count). The van der Waals surface area contributed by atoms with Crippen LogP contribution in [0.25, 0.3) is 16.8 Å². The van der Waals surface area contributed by atoms with E-state index in [1.54, 1.807) is 22.7 Å². The number of aromatic hydroxyl groups is 1. The summed E-state index contributed by atoms with van der Waals surface area (Å²) in [5, 5.41) is 13.4. The van der Waals surface area contributed by atoms with Crippen LogP contribution in [0.5, 0.6) is 5.75 Å². The van der Waals surface area contributed by atoms with Crippen LogP contribution in [0, 0.1) is 0 Å². The molecule has 1 aromatic carbocycles. The minimum atomic E-state index is -0.140. The predicted molar refractivity (Wildman–Crippen MR) is 83.5 cm³/mol. The van der Waals surface area contributed by atoms with Crippen LogP contribution in [0.1, 0.15) is 16.2 Å². The molecule has 1 aliphatic rings. The van der Waals surface area contributed by atoms with Gasteiger partial charge in [0.05, 0.1) is 22.3 Å². The summed E-state index contributed by atoms with van der Waals surface area (Å²) < 4.78 is 1.72. The first-order valence-corrected chi connectivity index (χ1v) is 7.28. The van der Waals surface area contributed by atoms with Gasteiger partial charge in [0, 0.05) is 11.8 Å². The molecule has 5 nitrogen and oxygen atoms in total. The number of phenolic OH excluding ortho intramolecular Hbond substituents is 1. The van der Waals surface area contributed by atoms with E-state index in [1.165, 1.54) is 12.1 Å². The summed E-state index contributed by atoms with van der Waals surface area (Å²) in [7, 11) is 0. The Hall–Kier alpha value is -2.24. The molecule has 0 saturated heterocycles. The Morgan fingerprint density at radius 3 is 2.91 bits per heavy atom. The summed E-state index contributed by atoms with van der Waals surface area (Å²) in [6.07, 6.45) is 1.73. The minimum absolute atomic E-state index is 0.0376. The first kappa shape index (κ1) is 13.4. The van der Waals surface area contributed by atoms with Crippen molar-refractivity contribution in [1.82, 2.24) is 14.7 Å². The van der Waals surface area contributed by atoms with Crippen LogP contribution in [-0.4, -0.2) is 20.4 Å². The third-order valence-corrected chi connectivity index (χ3v) is 4.50. The zero-order valence-electron chi connectivity index (χ0n) is 11.1. The lowest BCUT2D eigenvalue weighted by molar-refractivity contribution is 0.0960. The Morgan fingerprint density at radius 1 is 1.27 bits per heavy atom. The van der Waals surface area contributed by atoms with E-state index < -0.39 is 0 Å². The van der Waals surface area contributed by atoms with Gasteiger partial charge >= 0.3 is 0 Å². The van der Waals surface area contributed by atoms with Gasteiger partial charge in [-0.25, -0.2) is 4.98 Å². The van der Waals surface area contributed by atoms with E-state index in [1.807, 2.05) is 0 Å². The second kappa shape index (κ2) is 4.63. The molecule has 1 aliphatic heterocycles. The van der Waals surface area contributed by atoms with Gasteiger partial charge in [-0.05, 0) is 29.8 Å². The number of nitrogens with one attached hydrogen (secondary N) is 1. The van der Waals surface area contributed by atoms with E-state index in [0.29, 0.717) is 39.7 Å². The second-order valence-electron chi connectivity index (χ2n) is 4.99. The number of benzene rings is 1. The molecule has 0 fully saturated rings. The van der Waals surface area contributed by atoms with Gasteiger partial charge in [0.1, 0.15) is 17.1 Å². The van der Waals surface area contributed by atoms with E-state index in [4.69, 9.17) is 23.2 Å². The maximum Gasteiger partial charge on any atom is 0.270 e. The van der Waals surface area contributed by atoms with Crippen LogP contribution in [0.15, 0.2) is 30.5 Å². The number of pyridine rings is 1. The van der Waals surface area contributed by atoms with Crippen LogP contribution in [0.4, 0.5) is 0 Å². The number of amides is 1. The summed E-state index contributed by atoms with van der Waals surface area (Å²) in [6.45, 7) is 0.425. The van der Waals surface area contributed by atoms with Gasteiger partial charge in [0.25, 0.3) is 5.91 Å². The van der Waals surface area contributed by atoms with Crippen molar-refractivity contribution in [2.75, 3.05) is 0 Å². The molecule has 22 heavy (non-hydrogen) atoms. The minimum Gasteiger partial charge on any atom is -0.507 e. The molecule has 2 aromatic heterocycles. The fourth-order valence-corrected chi connectivity index (χ4v) is 3.10. The number of carbonyl (C=O) groups is 1. The lowest BCUT2D eigenvalue weighted by Crippen LogP contribution is -2.15. The van der Waals surface area contributed by atoms with Gasteiger partial charge in [-0.15, -0.1) is 0 Å². The van der Waals surface area contributed by atoms with Gasteiger partial charge in [0.2, 0.25) is 0 Å². The topological polar surface area (TPSA) is 66.6 Å². The molecule has 3 aromatic rings. The van der Waals surface area contributed by atoms with Gasteiger partial charge < -0.3 is 10.4 Å². The lowest BCUT2D eigenvalue weighted by atomic mass is 10.1. The molecule has 0 spiro atoms. The number of nitrogens with zero attached hydrogens (tertiary/aromatic N) is 2. The maximum atomic E-state index is 11.8. The Kier molecular flexibility index (Phi) is 2.82. The molecule has 2 N–H and O–H groups in total. The largest absolute Gasteiger partial charge is 0.507 e. The number of fused-ring (bicyclic) bond motifs is 3.